The van der Waals surface area contributed by atoms with Gasteiger partial charge in [0.25, 0.3) is 0 Å². The molecule has 2 nitrogen and oxygen atoms in total. The molecule has 0 amide bonds. The largest absolute Gasteiger partial charge is 0.399 e. The second-order valence-corrected chi connectivity index (χ2v) is 5.73. The SMILES string of the molecule is Nc1ccc(S(=O)CC2CCCC2)cc1. The lowest BCUT2D eigenvalue weighted by molar-refractivity contribution is 0.604. The molecule has 3 heteroatoms. The predicted molar refractivity (Wildman–Crippen MR) is 64.1 cm³/mol. The van der Waals surface area contributed by atoms with Crippen molar-refractivity contribution in [2.24, 2.45) is 5.92 Å². The smallest absolute Gasteiger partial charge is 0.0532 e. The van der Waals surface area contributed by atoms with E-state index in [1.807, 2.05) is 24.3 Å². The van der Waals surface area contributed by atoms with Crippen LogP contribution in [-0.4, -0.2) is 9.96 Å². The van der Waals surface area contributed by atoms with Gasteiger partial charge in [0.1, 0.15) is 0 Å². The Morgan fingerprint density at radius 1 is 1.20 bits per heavy atom. The number of nitrogen functional groups attached to an aromatic ring is 1. The number of hydrogen-bond donors (Lipinski definition) is 1. The Labute approximate surface area is 93.3 Å². The van der Waals surface area contributed by atoms with Crippen molar-refractivity contribution in [2.75, 3.05) is 11.5 Å². The molecule has 0 radical (unpaired) electrons. The molecule has 2 rings (SSSR count). The Balaban J connectivity index is 1.98. The number of benzene rings is 1. The minimum absolute atomic E-state index is 0.670. The maximum absolute atomic E-state index is 12.0. The predicted octanol–water partition coefficient (Wildman–Crippen LogP) is 2.57. The van der Waals surface area contributed by atoms with Crippen LogP contribution in [0.3, 0.4) is 0 Å². The zero-order valence-electron chi connectivity index (χ0n) is 8.82. The van der Waals surface area contributed by atoms with Gasteiger partial charge in [0.2, 0.25) is 0 Å². The third kappa shape index (κ3) is 2.81. The average molecular weight is 223 g/mol. The van der Waals surface area contributed by atoms with Crippen molar-refractivity contribution >= 4 is 16.5 Å². The second kappa shape index (κ2) is 4.79. The van der Waals surface area contributed by atoms with Crippen LogP contribution in [-0.2, 0) is 10.8 Å². The fraction of sp³-hybridized carbons (Fsp3) is 0.500. The minimum atomic E-state index is -0.837. The summed E-state index contributed by atoms with van der Waals surface area (Å²) in [5.74, 6) is 1.49. The molecule has 2 N–H and O–H groups in total. The number of hydrogen-bond acceptors (Lipinski definition) is 2. The summed E-state index contributed by atoms with van der Waals surface area (Å²) < 4.78 is 12.0. The first-order valence-corrected chi connectivity index (χ1v) is 6.81. The van der Waals surface area contributed by atoms with E-state index >= 15 is 0 Å². The van der Waals surface area contributed by atoms with Gasteiger partial charge in [0.05, 0.1) is 10.8 Å². The molecule has 0 aliphatic heterocycles. The summed E-state index contributed by atoms with van der Waals surface area (Å²) in [6.45, 7) is 0. The normalized spacial score (nSPS) is 19.2. The van der Waals surface area contributed by atoms with Crippen molar-refractivity contribution < 1.29 is 4.21 Å². The van der Waals surface area contributed by atoms with E-state index in [9.17, 15) is 4.21 Å². The fourth-order valence-electron chi connectivity index (χ4n) is 2.11. The molecule has 0 spiro atoms. The first-order chi connectivity index (χ1) is 7.25. The Morgan fingerprint density at radius 3 is 2.40 bits per heavy atom. The topological polar surface area (TPSA) is 43.1 Å². The summed E-state index contributed by atoms with van der Waals surface area (Å²) in [7, 11) is -0.837. The first kappa shape index (κ1) is 10.7. The Morgan fingerprint density at radius 2 is 1.80 bits per heavy atom. The lowest BCUT2D eigenvalue weighted by Gasteiger charge is -2.08. The first-order valence-electron chi connectivity index (χ1n) is 5.49. The van der Waals surface area contributed by atoms with E-state index in [2.05, 4.69) is 0 Å². The van der Waals surface area contributed by atoms with E-state index < -0.39 is 10.8 Å². The molecule has 15 heavy (non-hydrogen) atoms. The third-order valence-corrected chi connectivity index (χ3v) is 4.58. The van der Waals surface area contributed by atoms with Crippen molar-refractivity contribution in [3.63, 3.8) is 0 Å². The highest BCUT2D eigenvalue weighted by atomic mass is 32.2. The highest BCUT2D eigenvalue weighted by Crippen LogP contribution is 2.26. The van der Waals surface area contributed by atoms with E-state index in [1.165, 1.54) is 25.7 Å². The Hall–Kier alpha value is -0.830. The van der Waals surface area contributed by atoms with Crippen LogP contribution in [0.25, 0.3) is 0 Å². The van der Waals surface area contributed by atoms with Gasteiger partial charge in [0, 0.05) is 16.3 Å². The molecule has 0 heterocycles. The monoisotopic (exact) mass is 223 g/mol. The lowest BCUT2D eigenvalue weighted by Crippen LogP contribution is -2.07. The average Bonchev–Trinajstić information content (AvgIpc) is 2.71. The number of rotatable bonds is 3. The Kier molecular flexibility index (Phi) is 3.41. The van der Waals surface area contributed by atoms with Crippen molar-refractivity contribution in [1.29, 1.82) is 0 Å². The third-order valence-electron chi connectivity index (χ3n) is 3.00. The molecule has 1 aromatic carbocycles. The molecule has 1 fully saturated rings. The van der Waals surface area contributed by atoms with Gasteiger partial charge in [-0.25, -0.2) is 0 Å². The quantitative estimate of drug-likeness (QED) is 0.800. The molecular formula is C12H17NOS. The fourth-order valence-corrected chi connectivity index (χ4v) is 3.50. The van der Waals surface area contributed by atoms with Gasteiger partial charge in [-0.1, -0.05) is 12.8 Å². The highest BCUT2D eigenvalue weighted by molar-refractivity contribution is 7.85. The summed E-state index contributed by atoms with van der Waals surface area (Å²) in [4.78, 5) is 0.913. The molecule has 1 aliphatic rings. The second-order valence-electron chi connectivity index (χ2n) is 4.23. The van der Waals surface area contributed by atoms with Gasteiger partial charge in [-0.3, -0.25) is 4.21 Å². The molecule has 1 saturated carbocycles. The molecule has 0 saturated heterocycles. The van der Waals surface area contributed by atoms with E-state index in [1.54, 1.807) is 0 Å². The van der Waals surface area contributed by atoms with Crippen LogP contribution in [0.1, 0.15) is 25.7 Å². The van der Waals surface area contributed by atoms with Crippen molar-refractivity contribution in [3.05, 3.63) is 24.3 Å². The van der Waals surface area contributed by atoms with Crippen LogP contribution >= 0.6 is 0 Å². The van der Waals surface area contributed by atoms with Gasteiger partial charge in [0.15, 0.2) is 0 Å². The maximum atomic E-state index is 12.0. The summed E-state index contributed by atoms with van der Waals surface area (Å²) in [6.07, 6.45) is 5.12. The van der Waals surface area contributed by atoms with Crippen LogP contribution in [0.15, 0.2) is 29.2 Å². The number of nitrogens with two attached hydrogens (primary N) is 1. The maximum Gasteiger partial charge on any atom is 0.0532 e. The lowest BCUT2D eigenvalue weighted by atomic mass is 10.1. The van der Waals surface area contributed by atoms with Crippen LogP contribution in [0, 0.1) is 5.92 Å². The molecular weight excluding hydrogens is 206 g/mol. The summed E-state index contributed by atoms with van der Waals surface area (Å²) in [6, 6.07) is 7.39. The molecule has 0 aromatic heterocycles. The molecule has 1 aromatic rings. The summed E-state index contributed by atoms with van der Waals surface area (Å²) in [5.41, 5.74) is 6.32. The van der Waals surface area contributed by atoms with Gasteiger partial charge in [-0.15, -0.1) is 0 Å². The van der Waals surface area contributed by atoms with Gasteiger partial charge < -0.3 is 5.73 Å². The molecule has 1 unspecified atom stereocenters. The van der Waals surface area contributed by atoms with Crippen LogP contribution in [0.5, 0.6) is 0 Å². The van der Waals surface area contributed by atoms with E-state index in [0.29, 0.717) is 5.92 Å². The summed E-state index contributed by atoms with van der Waals surface area (Å²) in [5, 5.41) is 0. The Bertz CT molecular complexity index is 341. The van der Waals surface area contributed by atoms with Gasteiger partial charge in [-0.2, -0.15) is 0 Å². The van der Waals surface area contributed by atoms with Crippen LogP contribution < -0.4 is 5.73 Å². The van der Waals surface area contributed by atoms with Gasteiger partial charge >= 0.3 is 0 Å². The molecule has 1 aliphatic carbocycles. The van der Waals surface area contributed by atoms with Crippen molar-refractivity contribution in [1.82, 2.24) is 0 Å². The number of anilines is 1. The van der Waals surface area contributed by atoms with Crippen molar-refractivity contribution in [3.8, 4) is 0 Å². The van der Waals surface area contributed by atoms with E-state index in [-0.39, 0.29) is 0 Å². The van der Waals surface area contributed by atoms with E-state index in [4.69, 9.17) is 5.73 Å². The zero-order chi connectivity index (χ0) is 10.7. The van der Waals surface area contributed by atoms with Crippen molar-refractivity contribution in [2.45, 2.75) is 30.6 Å². The zero-order valence-corrected chi connectivity index (χ0v) is 9.63. The summed E-state index contributed by atoms with van der Waals surface area (Å²) >= 11 is 0. The molecule has 0 bridgehead atoms. The molecule has 1 atom stereocenters. The minimum Gasteiger partial charge on any atom is -0.399 e. The molecule has 82 valence electrons. The highest BCUT2D eigenvalue weighted by Gasteiger charge is 2.18. The van der Waals surface area contributed by atoms with Crippen LogP contribution in [0.4, 0.5) is 5.69 Å². The van der Waals surface area contributed by atoms with Crippen LogP contribution in [0.2, 0.25) is 0 Å². The van der Waals surface area contributed by atoms with E-state index in [0.717, 1.165) is 16.3 Å². The standard InChI is InChI=1S/C12H17NOS/c13-11-5-7-12(8-6-11)15(14)9-10-3-1-2-4-10/h5-8,10H,1-4,9,13H2. The van der Waals surface area contributed by atoms with Gasteiger partial charge in [-0.05, 0) is 43.0 Å².